The topological polar surface area (TPSA) is 26.0 Å². The SMILES string of the molecule is C=C(C/C(N)=C\C)C(C)(C)C. The maximum Gasteiger partial charge on any atom is 0.00787 e. The highest BCUT2D eigenvalue weighted by Crippen LogP contribution is 2.27. The van der Waals surface area contributed by atoms with Crippen molar-refractivity contribution in [1.82, 2.24) is 0 Å². The molecule has 0 aromatic carbocycles. The Morgan fingerprint density at radius 3 is 2.18 bits per heavy atom. The Balaban J connectivity index is 4.10. The highest BCUT2D eigenvalue weighted by atomic mass is 14.6. The van der Waals surface area contributed by atoms with Gasteiger partial charge in [0.25, 0.3) is 0 Å². The van der Waals surface area contributed by atoms with Crippen LogP contribution >= 0.6 is 0 Å². The molecule has 0 aliphatic carbocycles. The molecule has 0 heterocycles. The summed E-state index contributed by atoms with van der Waals surface area (Å²) in [5.74, 6) is 0. The molecule has 0 aliphatic heterocycles. The minimum absolute atomic E-state index is 0.174. The molecule has 0 aliphatic rings. The molecule has 64 valence electrons. The first-order valence-corrected chi connectivity index (χ1v) is 3.97. The van der Waals surface area contributed by atoms with Crippen LogP contribution in [-0.4, -0.2) is 0 Å². The van der Waals surface area contributed by atoms with Crippen LogP contribution in [0, 0.1) is 5.41 Å². The predicted octanol–water partition coefficient (Wildman–Crippen LogP) is 2.84. The van der Waals surface area contributed by atoms with Gasteiger partial charge in [-0.05, 0) is 12.3 Å². The zero-order valence-electron chi connectivity index (χ0n) is 8.07. The molecule has 0 radical (unpaired) electrons. The van der Waals surface area contributed by atoms with Gasteiger partial charge in [0, 0.05) is 12.1 Å². The first-order valence-electron chi connectivity index (χ1n) is 3.97. The standard InChI is InChI=1S/C10H19N/c1-6-9(11)7-8(2)10(3,4)5/h6H,2,7,11H2,1,3-5H3/b9-6+. The largest absolute Gasteiger partial charge is 0.402 e. The third kappa shape index (κ3) is 3.87. The van der Waals surface area contributed by atoms with Crippen molar-refractivity contribution in [3.05, 3.63) is 23.9 Å². The van der Waals surface area contributed by atoms with Crippen LogP contribution in [0.3, 0.4) is 0 Å². The number of nitrogens with two attached hydrogens (primary N) is 1. The average molecular weight is 153 g/mol. The highest BCUT2D eigenvalue weighted by Gasteiger charge is 2.14. The van der Waals surface area contributed by atoms with E-state index in [9.17, 15) is 0 Å². The molecule has 1 heteroatoms. The Hall–Kier alpha value is -0.720. The summed E-state index contributed by atoms with van der Waals surface area (Å²) in [5, 5.41) is 0. The molecule has 0 spiro atoms. The van der Waals surface area contributed by atoms with Crippen LogP contribution in [0.25, 0.3) is 0 Å². The lowest BCUT2D eigenvalue weighted by molar-refractivity contribution is 0.492. The van der Waals surface area contributed by atoms with Crippen molar-refractivity contribution in [1.29, 1.82) is 0 Å². The Labute approximate surface area is 70.0 Å². The molecular weight excluding hydrogens is 134 g/mol. The van der Waals surface area contributed by atoms with Gasteiger partial charge in [0.05, 0.1) is 0 Å². The van der Waals surface area contributed by atoms with Crippen LogP contribution in [0.1, 0.15) is 34.1 Å². The van der Waals surface area contributed by atoms with E-state index >= 15 is 0 Å². The van der Waals surface area contributed by atoms with E-state index in [-0.39, 0.29) is 5.41 Å². The maximum atomic E-state index is 5.67. The minimum atomic E-state index is 0.174. The van der Waals surface area contributed by atoms with E-state index in [4.69, 9.17) is 5.73 Å². The molecule has 0 aromatic heterocycles. The van der Waals surface area contributed by atoms with Gasteiger partial charge >= 0.3 is 0 Å². The molecule has 0 unspecified atom stereocenters. The lowest BCUT2D eigenvalue weighted by atomic mass is 9.85. The second kappa shape index (κ2) is 3.61. The number of hydrogen-bond acceptors (Lipinski definition) is 1. The van der Waals surface area contributed by atoms with Crippen LogP contribution in [0.15, 0.2) is 23.9 Å². The van der Waals surface area contributed by atoms with Gasteiger partial charge in [-0.3, -0.25) is 0 Å². The lowest BCUT2D eigenvalue weighted by Crippen LogP contribution is -2.11. The van der Waals surface area contributed by atoms with Crippen LogP contribution in [0.2, 0.25) is 0 Å². The lowest BCUT2D eigenvalue weighted by Gasteiger charge is -2.21. The molecule has 1 nitrogen and oxygen atoms in total. The maximum absolute atomic E-state index is 5.67. The van der Waals surface area contributed by atoms with Crippen molar-refractivity contribution in [2.24, 2.45) is 11.1 Å². The van der Waals surface area contributed by atoms with Crippen LogP contribution < -0.4 is 5.73 Å². The molecule has 0 atom stereocenters. The fraction of sp³-hybridized carbons (Fsp3) is 0.600. The van der Waals surface area contributed by atoms with Crippen molar-refractivity contribution >= 4 is 0 Å². The predicted molar refractivity (Wildman–Crippen MR) is 51.2 cm³/mol. The van der Waals surface area contributed by atoms with Crippen molar-refractivity contribution in [3.8, 4) is 0 Å². The fourth-order valence-corrected chi connectivity index (χ4v) is 0.614. The first kappa shape index (κ1) is 10.3. The normalized spacial score (nSPS) is 13.3. The molecule has 11 heavy (non-hydrogen) atoms. The van der Waals surface area contributed by atoms with Crippen molar-refractivity contribution in [2.75, 3.05) is 0 Å². The van der Waals surface area contributed by atoms with E-state index in [0.717, 1.165) is 12.1 Å². The fourth-order valence-electron chi connectivity index (χ4n) is 0.614. The summed E-state index contributed by atoms with van der Waals surface area (Å²) >= 11 is 0. The Kier molecular flexibility index (Phi) is 3.37. The molecule has 0 bridgehead atoms. The van der Waals surface area contributed by atoms with Crippen LogP contribution in [0.4, 0.5) is 0 Å². The van der Waals surface area contributed by atoms with Crippen molar-refractivity contribution in [3.63, 3.8) is 0 Å². The number of allylic oxidation sites excluding steroid dienone is 2. The minimum Gasteiger partial charge on any atom is -0.402 e. The molecule has 0 amide bonds. The second-order valence-corrected chi connectivity index (χ2v) is 3.89. The quantitative estimate of drug-likeness (QED) is 0.606. The second-order valence-electron chi connectivity index (χ2n) is 3.89. The summed E-state index contributed by atoms with van der Waals surface area (Å²) in [7, 11) is 0. The number of rotatable bonds is 2. The molecule has 0 fully saturated rings. The van der Waals surface area contributed by atoms with Gasteiger partial charge in [-0.15, -0.1) is 0 Å². The van der Waals surface area contributed by atoms with E-state index in [1.54, 1.807) is 0 Å². The van der Waals surface area contributed by atoms with Gasteiger partial charge in [0.15, 0.2) is 0 Å². The van der Waals surface area contributed by atoms with Gasteiger partial charge in [0.1, 0.15) is 0 Å². The van der Waals surface area contributed by atoms with Crippen molar-refractivity contribution < 1.29 is 0 Å². The molecule has 0 saturated carbocycles. The summed E-state index contributed by atoms with van der Waals surface area (Å²) < 4.78 is 0. The highest BCUT2D eigenvalue weighted by molar-refractivity contribution is 5.14. The van der Waals surface area contributed by atoms with Gasteiger partial charge in [0.2, 0.25) is 0 Å². The average Bonchev–Trinajstić information content (AvgIpc) is 1.85. The van der Waals surface area contributed by atoms with E-state index in [1.807, 2.05) is 13.0 Å². The smallest absolute Gasteiger partial charge is 0.00787 e. The Morgan fingerprint density at radius 2 is 1.91 bits per heavy atom. The van der Waals surface area contributed by atoms with Crippen molar-refractivity contribution in [2.45, 2.75) is 34.1 Å². The Bertz CT molecular complexity index is 170. The monoisotopic (exact) mass is 153 g/mol. The molecule has 0 rings (SSSR count). The van der Waals surface area contributed by atoms with E-state index in [1.165, 1.54) is 5.57 Å². The van der Waals surface area contributed by atoms with Crippen LogP contribution in [-0.2, 0) is 0 Å². The molecular formula is C10H19N. The van der Waals surface area contributed by atoms with Gasteiger partial charge < -0.3 is 5.73 Å². The third-order valence-electron chi connectivity index (χ3n) is 1.85. The van der Waals surface area contributed by atoms with Gasteiger partial charge in [-0.1, -0.05) is 39.0 Å². The molecule has 0 saturated heterocycles. The Morgan fingerprint density at radius 1 is 1.45 bits per heavy atom. The number of hydrogen-bond donors (Lipinski definition) is 1. The summed E-state index contributed by atoms with van der Waals surface area (Å²) in [4.78, 5) is 0. The first-order chi connectivity index (χ1) is 4.88. The summed E-state index contributed by atoms with van der Waals surface area (Å²) in [6.07, 6.45) is 2.75. The molecule has 2 N–H and O–H groups in total. The van der Waals surface area contributed by atoms with E-state index in [0.29, 0.717) is 0 Å². The summed E-state index contributed by atoms with van der Waals surface area (Å²) in [6, 6.07) is 0. The van der Waals surface area contributed by atoms with Crippen LogP contribution in [0.5, 0.6) is 0 Å². The van der Waals surface area contributed by atoms with E-state index in [2.05, 4.69) is 27.4 Å². The van der Waals surface area contributed by atoms with Gasteiger partial charge in [-0.2, -0.15) is 0 Å². The van der Waals surface area contributed by atoms with Gasteiger partial charge in [-0.25, -0.2) is 0 Å². The third-order valence-corrected chi connectivity index (χ3v) is 1.85. The zero-order chi connectivity index (χ0) is 9.07. The molecule has 0 aromatic rings. The summed E-state index contributed by atoms with van der Waals surface area (Å²) in [6.45, 7) is 12.4. The zero-order valence-corrected chi connectivity index (χ0v) is 8.07. The summed E-state index contributed by atoms with van der Waals surface area (Å²) in [5.41, 5.74) is 7.94. The van der Waals surface area contributed by atoms with E-state index < -0.39 is 0 Å².